The van der Waals surface area contributed by atoms with Crippen LogP contribution in [0.15, 0.2) is 73.3 Å². The summed E-state index contributed by atoms with van der Waals surface area (Å²) in [5.41, 5.74) is 2.32. The van der Waals surface area contributed by atoms with Gasteiger partial charge in [-0.3, -0.25) is 9.78 Å². The molecule has 0 radical (unpaired) electrons. The van der Waals surface area contributed by atoms with Crippen molar-refractivity contribution in [3.63, 3.8) is 0 Å². The van der Waals surface area contributed by atoms with Gasteiger partial charge in [0.2, 0.25) is 5.88 Å². The van der Waals surface area contributed by atoms with E-state index in [2.05, 4.69) is 15.0 Å². The number of aromatic nitrogens is 4. The van der Waals surface area contributed by atoms with Crippen LogP contribution in [0, 0.1) is 12.7 Å². The van der Waals surface area contributed by atoms with Crippen LogP contribution < -0.4 is 4.74 Å². The molecule has 1 saturated heterocycles. The van der Waals surface area contributed by atoms with Crippen molar-refractivity contribution in [3.05, 3.63) is 102 Å². The number of benzene rings is 2. The largest absolute Gasteiger partial charge is 0.437 e. The molecule has 0 spiro atoms. The van der Waals surface area contributed by atoms with Gasteiger partial charge in [-0.2, -0.15) is 0 Å². The molecule has 1 aliphatic heterocycles. The van der Waals surface area contributed by atoms with E-state index in [1.807, 2.05) is 46.9 Å². The van der Waals surface area contributed by atoms with Gasteiger partial charge in [-0.25, -0.2) is 14.4 Å². The Labute approximate surface area is 203 Å². The second-order valence-corrected chi connectivity index (χ2v) is 8.66. The highest BCUT2D eigenvalue weighted by Crippen LogP contribution is 2.33. The number of aryl methyl sites for hydroxylation is 1. The average Bonchev–Trinajstić information content (AvgIpc) is 3.28. The van der Waals surface area contributed by atoms with Gasteiger partial charge < -0.3 is 14.2 Å². The molecule has 8 heteroatoms. The van der Waals surface area contributed by atoms with Gasteiger partial charge in [0, 0.05) is 62.0 Å². The van der Waals surface area contributed by atoms with Gasteiger partial charge in [0.1, 0.15) is 23.1 Å². The Morgan fingerprint density at radius 3 is 2.77 bits per heavy atom. The average molecular weight is 472 g/mol. The number of hydrogen-bond acceptors (Lipinski definition) is 5. The zero-order chi connectivity index (χ0) is 24.2. The Morgan fingerprint density at radius 1 is 1.09 bits per heavy atom. The van der Waals surface area contributed by atoms with Crippen LogP contribution in [0.25, 0.3) is 0 Å². The molecular formula is C27H26FN5O2. The lowest BCUT2D eigenvalue weighted by Crippen LogP contribution is -2.39. The van der Waals surface area contributed by atoms with Crippen LogP contribution in [0.3, 0.4) is 0 Å². The zero-order valence-corrected chi connectivity index (χ0v) is 19.5. The van der Waals surface area contributed by atoms with Crippen molar-refractivity contribution in [1.82, 2.24) is 24.4 Å². The van der Waals surface area contributed by atoms with Crippen molar-refractivity contribution in [2.45, 2.75) is 32.2 Å². The van der Waals surface area contributed by atoms with Gasteiger partial charge in [-0.05, 0) is 43.5 Å². The number of carbonyl (C=O) groups is 1. The summed E-state index contributed by atoms with van der Waals surface area (Å²) in [7, 11) is 0. The lowest BCUT2D eigenvalue weighted by atomic mass is 9.93. The Balaban J connectivity index is 1.36. The molecule has 0 aliphatic carbocycles. The summed E-state index contributed by atoms with van der Waals surface area (Å²) in [5.74, 6) is 1.19. The Bertz CT molecular complexity index is 1340. The SMILES string of the molecule is Cc1nccn1Cc1ccccc1C(=O)N1CCC[C@@H](c2nccnc2Oc2cccc(F)c2)C1. The predicted molar refractivity (Wildman–Crippen MR) is 129 cm³/mol. The molecule has 0 unspecified atom stereocenters. The van der Waals surface area contributed by atoms with Crippen LogP contribution in [0.4, 0.5) is 4.39 Å². The van der Waals surface area contributed by atoms with E-state index in [1.165, 1.54) is 12.1 Å². The molecule has 5 rings (SSSR count). The van der Waals surface area contributed by atoms with Crippen LogP contribution in [-0.4, -0.2) is 43.4 Å². The van der Waals surface area contributed by atoms with Crippen molar-refractivity contribution >= 4 is 5.91 Å². The highest BCUT2D eigenvalue weighted by molar-refractivity contribution is 5.95. The number of imidazole rings is 1. The van der Waals surface area contributed by atoms with Gasteiger partial charge >= 0.3 is 0 Å². The summed E-state index contributed by atoms with van der Waals surface area (Å²) >= 11 is 0. The standard InChI is InChI=1S/C27H26FN5O2/c1-19-29-13-15-32(19)17-20-6-2-3-10-24(20)27(34)33-14-5-7-21(18-33)25-26(31-12-11-30-25)35-23-9-4-8-22(28)16-23/h2-4,6,8-13,15-16,21H,5,7,14,17-18H2,1H3/t21-/m1/s1. The summed E-state index contributed by atoms with van der Waals surface area (Å²) in [6.07, 6.45) is 8.56. The number of halogens is 1. The van der Waals surface area contributed by atoms with Crippen molar-refractivity contribution in [3.8, 4) is 11.6 Å². The highest BCUT2D eigenvalue weighted by Gasteiger charge is 2.29. The van der Waals surface area contributed by atoms with E-state index >= 15 is 0 Å². The molecule has 0 saturated carbocycles. The molecule has 1 aliphatic rings. The molecule has 35 heavy (non-hydrogen) atoms. The molecule has 3 heterocycles. The maximum atomic E-state index is 13.6. The molecule has 0 N–H and O–H groups in total. The van der Waals surface area contributed by atoms with Crippen LogP contribution >= 0.6 is 0 Å². The van der Waals surface area contributed by atoms with E-state index in [-0.39, 0.29) is 17.6 Å². The Morgan fingerprint density at radius 2 is 1.94 bits per heavy atom. The summed E-state index contributed by atoms with van der Waals surface area (Å²) in [6.45, 7) is 3.72. The number of hydrogen-bond donors (Lipinski definition) is 0. The number of carbonyl (C=O) groups excluding carboxylic acids is 1. The molecule has 1 fully saturated rings. The molecule has 4 aromatic rings. The second kappa shape index (κ2) is 10.0. The minimum absolute atomic E-state index is 0.000410. The quantitative estimate of drug-likeness (QED) is 0.397. The minimum atomic E-state index is -0.382. The summed E-state index contributed by atoms with van der Waals surface area (Å²) in [6, 6.07) is 13.7. The highest BCUT2D eigenvalue weighted by atomic mass is 19.1. The number of piperidine rings is 1. The molecular weight excluding hydrogens is 445 g/mol. The van der Waals surface area contributed by atoms with E-state index in [4.69, 9.17) is 4.74 Å². The first-order chi connectivity index (χ1) is 17.1. The minimum Gasteiger partial charge on any atom is -0.437 e. The first-order valence-electron chi connectivity index (χ1n) is 11.7. The lowest BCUT2D eigenvalue weighted by molar-refractivity contribution is 0.0703. The van der Waals surface area contributed by atoms with Gasteiger partial charge in [0.05, 0.1) is 0 Å². The Kier molecular flexibility index (Phi) is 6.52. The van der Waals surface area contributed by atoms with Crippen molar-refractivity contribution < 1.29 is 13.9 Å². The normalized spacial score (nSPS) is 15.7. The maximum Gasteiger partial charge on any atom is 0.254 e. The van der Waals surface area contributed by atoms with E-state index in [9.17, 15) is 9.18 Å². The second-order valence-electron chi connectivity index (χ2n) is 8.66. The molecule has 0 bridgehead atoms. The molecule has 1 atom stereocenters. The molecule has 1 amide bonds. The number of rotatable bonds is 6. The third-order valence-corrected chi connectivity index (χ3v) is 6.31. The van der Waals surface area contributed by atoms with E-state index < -0.39 is 0 Å². The zero-order valence-electron chi connectivity index (χ0n) is 19.5. The third-order valence-electron chi connectivity index (χ3n) is 6.31. The third kappa shape index (κ3) is 5.06. The summed E-state index contributed by atoms with van der Waals surface area (Å²) < 4.78 is 21.6. The Hall–Kier alpha value is -4.07. The fourth-order valence-corrected chi connectivity index (χ4v) is 4.51. The van der Waals surface area contributed by atoms with E-state index in [0.717, 1.165) is 24.2 Å². The number of likely N-dealkylation sites (tertiary alicyclic amines) is 1. The predicted octanol–water partition coefficient (Wildman–Crippen LogP) is 4.98. The fourth-order valence-electron chi connectivity index (χ4n) is 4.51. The molecule has 7 nitrogen and oxygen atoms in total. The fraction of sp³-hybridized carbons (Fsp3) is 0.259. The maximum absolute atomic E-state index is 13.6. The number of ether oxygens (including phenoxy) is 1. The van der Waals surface area contributed by atoms with Crippen LogP contribution in [0.5, 0.6) is 11.6 Å². The summed E-state index contributed by atoms with van der Waals surface area (Å²) in [4.78, 5) is 28.7. The molecule has 2 aromatic carbocycles. The first-order valence-corrected chi connectivity index (χ1v) is 11.7. The smallest absolute Gasteiger partial charge is 0.254 e. The van der Waals surface area contributed by atoms with Gasteiger partial charge in [-0.15, -0.1) is 0 Å². The first kappa shape index (κ1) is 22.7. The monoisotopic (exact) mass is 471 g/mol. The van der Waals surface area contributed by atoms with Crippen molar-refractivity contribution in [2.24, 2.45) is 0 Å². The topological polar surface area (TPSA) is 73.1 Å². The summed E-state index contributed by atoms with van der Waals surface area (Å²) in [5, 5.41) is 0. The van der Waals surface area contributed by atoms with Gasteiger partial charge in [0.15, 0.2) is 0 Å². The van der Waals surface area contributed by atoms with Gasteiger partial charge in [0.25, 0.3) is 5.91 Å². The number of amides is 1. The van der Waals surface area contributed by atoms with E-state index in [1.54, 1.807) is 30.7 Å². The van der Waals surface area contributed by atoms with Crippen LogP contribution in [0.1, 0.15) is 46.2 Å². The van der Waals surface area contributed by atoms with Gasteiger partial charge in [-0.1, -0.05) is 24.3 Å². The molecule has 178 valence electrons. The number of nitrogens with zero attached hydrogens (tertiary/aromatic N) is 5. The van der Waals surface area contributed by atoms with Crippen molar-refractivity contribution in [1.29, 1.82) is 0 Å². The van der Waals surface area contributed by atoms with Crippen LogP contribution in [0.2, 0.25) is 0 Å². The van der Waals surface area contributed by atoms with Crippen LogP contribution in [-0.2, 0) is 6.54 Å². The van der Waals surface area contributed by atoms with E-state index in [0.29, 0.717) is 42.5 Å². The molecule has 2 aromatic heterocycles. The van der Waals surface area contributed by atoms with Crippen molar-refractivity contribution in [2.75, 3.05) is 13.1 Å². The lowest BCUT2D eigenvalue weighted by Gasteiger charge is -2.33.